The number of carbonyl (C=O) groups is 1. The van der Waals surface area contributed by atoms with E-state index in [1.54, 1.807) is 0 Å². The molecule has 2 aliphatic heterocycles. The van der Waals surface area contributed by atoms with Crippen LogP contribution in [0.3, 0.4) is 0 Å². The lowest BCUT2D eigenvalue weighted by atomic mass is 9.84. The number of nitrogens with one attached hydrogen (secondary N) is 1. The van der Waals surface area contributed by atoms with Gasteiger partial charge in [0.05, 0.1) is 6.10 Å². The molecule has 1 aliphatic carbocycles. The number of hydrogen-bond acceptors (Lipinski definition) is 3. The lowest BCUT2D eigenvalue weighted by Gasteiger charge is -2.35. The molecule has 2 N–H and O–H groups in total. The van der Waals surface area contributed by atoms with E-state index in [0.717, 1.165) is 30.9 Å². The van der Waals surface area contributed by atoms with Crippen molar-refractivity contribution in [3.05, 3.63) is 23.4 Å². The second-order valence-corrected chi connectivity index (χ2v) is 5.82. The molecule has 3 aliphatic rings. The Bertz CT molecular complexity index is 422. The van der Waals surface area contributed by atoms with Crippen molar-refractivity contribution >= 4 is 5.91 Å². The van der Waals surface area contributed by atoms with Gasteiger partial charge in [-0.05, 0) is 44.0 Å². The lowest BCUT2D eigenvalue weighted by molar-refractivity contribution is -0.120. The number of allylic oxidation sites excluding steroid dienone is 1. The zero-order valence-corrected chi connectivity index (χ0v) is 11.3. The van der Waals surface area contributed by atoms with Crippen LogP contribution in [0.4, 0.5) is 0 Å². The van der Waals surface area contributed by atoms with Crippen LogP contribution < -0.4 is 5.32 Å². The number of aliphatic hydroxyl groups excluding tert-OH is 1. The molecule has 1 saturated heterocycles. The monoisotopic (exact) mass is 262 g/mol. The Morgan fingerprint density at radius 3 is 2.84 bits per heavy atom. The third kappa shape index (κ3) is 2.74. The van der Waals surface area contributed by atoms with E-state index in [0.29, 0.717) is 12.8 Å². The number of aliphatic hydroxyl groups is 1. The van der Waals surface area contributed by atoms with Gasteiger partial charge in [0, 0.05) is 24.6 Å². The fraction of sp³-hybridized carbons (Fsp3) is 0.667. The number of hydrogen-bond donors (Lipinski definition) is 2. The van der Waals surface area contributed by atoms with Gasteiger partial charge in [-0.2, -0.15) is 0 Å². The molecule has 0 spiro atoms. The first-order chi connectivity index (χ1) is 9.24. The van der Waals surface area contributed by atoms with Crippen molar-refractivity contribution in [1.82, 2.24) is 10.2 Å². The van der Waals surface area contributed by atoms with Gasteiger partial charge in [-0.25, -0.2) is 0 Å². The molecule has 1 amide bonds. The van der Waals surface area contributed by atoms with Gasteiger partial charge < -0.3 is 15.3 Å². The normalized spacial score (nSPS) is 32.2. The molecular formula is C15H22N2O2. The predicted octanol–water partition coefficient (Wildman–Crippen LogP) is 1.18. The van der Waals surface area contributed by atoms with Crippen molar-refractivity contribution in [3.63, 3.8) is 0 Å². The summed E-state index contributed by atoms with van der Waals surface area (Å²) in [5.74, 6) is 0.233. The lowest BCUT2D eigenvalue weighted by Crippen LogP contribution is -2.41. The smallest absolute Gasteiger partial charge is 0.224 e. The number of likely N-dealkylation sites (tertiary alicyclic amines) is 1. The first kappa shape index (κ1) is 12.9. The van der Waals surface area contributed by atoms with Crippen LogP contribution >= 0.6 is 0 Å². The first-order valence-corrected chi connectivity index (χ1v) is 7.35. The topological polar surface area (TPSA) is 52.6 Å². The number of nitrogens with zero attached hydrogens (tertiary/aromatic N) is 1. The largest absolute Gasteiger partial charge is 0.388 e. The fourth-order valence-corrected chi connectivity index (χ4v) is 3.32. The van der Waals surface area contributed by atoms with Gasteiger partial charge in [0.15, 0.2) is 0 Å². The molecule has 2 unspecified atom stereocenters. The third-order valence-electron chi connectivity index (χ3n) is 4.43. The van der Waals surface area contributed by atoms with E-state index in [9.17, 15) is 9.90 Å². The zero-order chi connectivity index (χ0) is 13.2. The minimum absolute atomic E-state index is 0.0603. The molecule has 19 heavy (non-hydrogen) atoms. The molecule has 4 heteroatoms. The third-order valence-corrected chi connectivity index (χ3v) is 4.43. The van der Waals surface area contributed by atoms with Gasteiger partial charge in [0.1, 0.15) is 0 Å². The summed E-state index contributed by atoms with van der Waals surface area (Å²) in [7, 11) is 0. The Morgan fingerprint density at radius 1 is 1.26 bits per heavy atom. The summed E-state index contributed by atoms with van der Waals surface area (Å²) in [5, 5.41) is 13.3. The Morgan fingerprint density at radius 2 is 2.05 bits per heavy atom. The van der Waals surface area contributed by atoms with E-state index in [1.807, 2.05) is 6.08 Å². The van der Waals surface area contributed by atoms with E-state index in [4.69, 9.17) is 0 Å². The summed E-state index contributed by atoms with van der Waals surface area (Å²) in [4.78, 5) is 13.8. The van der Waals surface area contributed by atoms with E-state index >= 15 is 0 Å². The second-order valence-electron chi connectivity index (χ2n) is 5.82. The van der Waals surface area contributed by atoms with Crippen molar-refractivity contribution in [2.45, 2.75) is 38.2 Å². The van der Waals surface area contributed by atoms with Crippen LogP contribution in [0.1, 0.15) is 32.1 Å². The van der Waals surface area contributed by atoms with E-state index in [2.05, 4.69) is 16.3 Å². The summed E-state index contributed by atoms with van der Waals surface area (Å²) in [6, 6.07) is 0. The highest BCUT2D eigenvalue weighted by molar-refractivity contribution is 5.80. The van der Waals surface area contributed by atoms with Crippen LogP contribution in [0.5, 0.6) is 0 Å². The van der Waals surface area contributed by atoms with Crippen molar-refractivity contribution in [3.8, 4) is 0 Å². The van der Waals surface area contributed by atoms with Crippen LogP contribution in [-0.2, 0) is 4.79 Å². The summed E-state index contributed by atoms with van der Waals surface area (Å²) < 4.78 is 0. The van der Waals surface area contributed by atoms with E-state index < -0.39 is 6.10 Å². The van der Waals surface area contributed by atoms with Crippen LogP contribution in [-0.4, -0.2) is 41.7 Å². The van der Waals surface area contributed by atoms with Crippen molar-refractivity contribution in [2.24, 2.45) is 5.92 Å². The number of amides is 1. The highest BCUT2D eigenvalue weighted by atomic mass is 16.3. The molecule has 0 aromatic heterocycles. The summed E-state index contributed by atoms with van der Waals surface area (Å²) in [5.41, 5.74) is 1.85. The summed E-state index contributed by atoms with van der Waals surface area (Å²) in [6.07, 6.45) is 8.69. The van der Waals surface area contributed by atoms with Crippen LogP contribution in [0, 0.1) is 5.92 Å². The summed E-state index contributed by atoms with van der Waals surface area (Å²) in [6.45, 7) is 3.24. The Labute approximate surface area is 114 Å². The van der Waals surface area contributed by atoms with Gasteiger partial charge in [0.2, 0.25) is 5.91 Å². The Kier molecular flexibility index (Phi) is 3.71. The van der Waals surface area contributed by atoms with Crippen LogP contribution in [0.15, 0.2) is 23.4 Å². The molecule has 104 valence electrons. The molecule has 0 bridgehead atoms. The number of rotatable bonds is 2. The molecule has 0 radical (unpaired) electrons. The van der Waals surface area contributed by atoms with Crippen molar-refractivity contribution in [1.29, 1.82) is 0 Å². The van der Waals surface area contributed by atoms with Gasteiger partial charge in [-0.1, -0.05) is 12.5 Å². The maximum atomic E-state index is 11.4. The fourth-order valence-electron chi connectivity index (χ4n) is 3.32. The molecule has 1 fully saturated rings. The van der Waals surface area contributed by atoms with Crippen molar-refractivity contribution in [2.75, 3.05) is 19.6 Å². The average Bonchev–Trinajstić information content (AvgIpc) is 2.43. The van der Waals surface area contributed by atoms with Crippen molar-refractivity contribution < 1.29 is 9.90 Å². The van der Waals surface area contributed by atoms with Gasteiger partial charge >= 0.3 is 0 Å². The zero-order valence-electron chi connectivity index (χ0n) is 11.3. The van der Waals surface area contributed by atoms with Gasteiger partial charge in [-0.3, -0.25) is 4.79 Å². The molecular weight excluding hydrogens is 240 g/mol. The number of carbonyl (C=O) groups excluding carboxylic acids is 1. The molecule has 2 atom stereocenters. The molecule has 0 saturated carbocycles. The molecule has 4 nitrogen and oxygen atoms in total. The SMILES string of the molecule is O=C1CCC2=C(C=CC(CN3CCCCC3)C2O)N1. The van der Waals surface area contributed by atoms with Crippen LogP contribution in [0.25, 0.3) is 0 Å². The van der Waals surface area contributed by atoms with E-state index in [-0.39, 0.29) is 11.8 Å². The first-order valence-electron chi connectivity index (χ1n) is 7.35. The van der Waals surface area contributed by atoms with E-state index in [1.165, 1.54) is 19.3 Å². The minimum Gasteiger partial charge on any atom is -0.388 e. The molecule has 2 heterocycles. The predicted molar refractivity (Wildman–Crippen MR) is 73.3 cm³/mol. The maximum absolute atomic E-state index is 11.4. The minimum atomic E-state index is -0.428. The second kappa shape index (κ2) is 5.47. The molecule has 0 aromatic rings. The average molecular weight is 262 g/mol. The molecule has 0 aromatic carbocycles. The maximum Gasteiger partial charge on any atom is 0.224 e. The standard InChI is InChI=1S/C15H22N2O2/c18-14-7-5-12-13(16-14)6-4-11(15(12)19)10-17-8-2-1-3-9-17/h4,6,11,15,19H,1-3,5,7-10H2,(H,16,18). The summed E-state index contributed by atoms with van der Waals surface area (Å²) >= 11 is 0. The van der Waals surface area contributed by atoms with Gasteiger partial charge in [0.25, 0.3) is 0 Å². The highest BCUT2D eigenvalue weighted by Crippen LogP contribution is 2.30. The Hall–Kier alpha value is -1.13. The number of piperidine rings is 1. The highest BCUT2D eigenvalue weighted by Gasteiger charge is 2.31. The quantitative estimate of drug-likeness (QED) is 0.786. The molecule has 3 rings (SSSR count). The van der Waals surface area contributed by atoms with Gasteiger partial charge in [-0.15, -0.1) is 0 Å². The Balaban J connectivity index is 1.66. The van der Waals surface area contributed by atoms with Crippen LogP contribution in [0.2, 0.25) is 0 Å².